The highest BCUT2D eigenvalue weighted by atomic mass is 16.4. The molecule has 2 rings (SSSR count). The van der Waals surface area contributed by atoms with Gasteiger partial charge in [-0.25, -0.2) is 0 Å². The minimum atomic E-state index is 0.121. The Morgan fingerprint density at radius 2 is 2.07 bits per heavy atom. The first kappa shape index (κ1) is 9.71. The second-order valence-electron chi connectivity index (χ2n) is 3.64. The zero-order chi connectivity index (χ0) is 10.8. The highest BCUT2D eigenvalue weighted by Crippen LogP contribution is 2.15. The Kier molecular flexibility index (Phi) is 2.41. The van der Waals surface area contributed by atoms with Crippen molar-refractivity contribution < 1.29 is 4.42 Å². The van der Waals surface area contributed by atoms with Gasteiger partial charge in [-0.2, -0.15) is 0 Å². The zero-order valence-corrected chi connectivity index (χ0v) is 8.82. The molecule has 0 radical (unpaired) electrons. The number of anilines is 1. The maximum atomic E-state index is 5.36. The van der Waals surface area contributed by atoms with Gasteiger partial charge in [-0.15, -0.1) is 5.10 Å². The van der Waals surface area contributed by atoms with Crippen molar-refractivity contribution in [3.8, 4) is 0 Å². The number of hydrogen-bond donors (Lipinski definition) is 1. The van der Waals surface area contributed by atoms with E-state index < -0.39 is 0 Å². The van der Waals surface area contributed by atoms with Crippen LogP contribution in [0.5, 0.6) is 0 Å². The molecule has 0 saturated heterocycles. The summed E-state index contributed by atoms with van der Waals surface area (Å²) in [6.45, 7) is 4.12. The smallest absolute Gasteiger partial charge is 0.312 e. The maximum absolute atomic E-state index is 5.36. The predicted molar refractivity (Wildman–Crippen MR) is 57.4 cm³/mol. The minimum absolute atomic E-state index is 0.121. The topological polar surface area (TPSA) is 64.9 Å². The van der Waals surface area contributed by atoms with Crippen molar-refractivity contribution in [1.29, 1.82) is 0 Å². The van der Waals surface area contributed by atoms with Crippen LogP contribution in [0.2, 0.25) is 0 Å². The lowest BCUT2D eigenvalue weighted by atomic mass is 10.0. The van der Waals surface area contributed by atoms with Crippen LogP contribution in [0.4, 0.5) is 6.01 Å². The molecule has 0 aliphatic carbocycles. The Labute approximate surface area is 88.1 Å². The number of benzene rings is 1. The summed E-state index contributed by atoms with van der Waals surface area (Å²) in [4.78, 5) is 0. The average Bonchev–Trinajstić information content (AvgIpc) is 2.58. The Hall–Kier alpha value is -1.84. The summed E-state index contributed by atoms with van der Waals surface area (Å²) in [6.07, 6.45) is 0.637. The summed E-state index contributed by atoms with van der Waals surface area (Å²) in [5, 5.41) is 7.47. The van der Waals surface area contributed by atoms with Gasteiger partial charge in [0.15, 0.2) is 0 Å². The lowest BCUT2D eigenvalue weighted by molar-refractivity contribution is 0.522. The second kappa shape index (κ2) is 3.73. The van der Waals surface area contributed by atoms with Crippen molar-refractivity contribution in [2.24, 2.45) is 0 Å². The summed E-state index contributed by atoms with van der Waals surface area (Å²) in [5.74, 6) is 0.557. The molecule has 0 fully saturated rings. The summed E-state index contributed by atoms with van der Waals surface area (Å²) in [7, 11) is 0. The second-order valence-corrected chi connectivity index (χ2v) is 3.64. The van der Waals surface area contributed by atoms with E-state index in [-0.39, 0.29) is 6.01 Å². The van der Waals surface area contributed by atoms with Crippen molar-refractivity contribution in [3.05, 3.63) is 40.8 Å². The molecule has 1 aromatic heterocycles. The number of nitrogens with zero attached hydrogens (tertiary/aromatic N) is 2. The first-order valence-electron chi connectivity index (χ1n) is 4.79. The Morgan fingerprint density at radius 1 is 1.27 bits per heavy atom. The minimum Gasteiger partial charge on any atom is -0.408 e. The van der Waals surface area contributed by atoms with Crippen molar-refractivity contribution in [2.75, 3.05) is 5.73 Å². The lowest BCUT2D eigenvalue weighted by Gasteiger charge is -2.03. The van der Waals surface area contributed by atoms with Crippen LogP contribution in [0.1, 0.15) is 22.6 Å². The van der Waals surface area contributed by atoms with Gasteiger partial charge in [0.1, 0.15) is 0 Å². The molecule has 2 aromatic rings. The zero-order valence-electron chi connectivity index (χ0n) is 8.82. The van der Waals surface area contributed by atoms with E-state index >= 15 is 0 Å². The van der Waals surface area contributed by atoms with Crippen molar-refractivity contribution in [1.82, 2.24) is 10.2 Å². The monoisotopic (exact) mass is 203 g/mol. The largest absolute Gasteiger partial charge is 0.408 e. The first-order valence-corrected chi connectivity index (χ1v) is 4.79. The lowest BCUT2D eigenvalue weighted by Crippen LogP contribution is -1.93. The SMILES string of the molecule is Cc1ccc(C)c(Cc2nnc(N)o2)c1. The van der Waals surface area contributed by atoms with Crippen LogP contribution in [-0.2, 0) is 6.42 Å². The number of hydrogen-bond acceptors (Lipinski definition) is 4. The van der Waals surface area contributed by atoms with Crippen LogP contribution >= 0.6 is 0 Å². The quantitative estimate of drug-likeness (QED) is 0.809. The molecule has 0 aliphatic rings. The van der Waals surface area contributed by atoms with E-state index in [2.05, 4.69) is 42.2 Å². The number of nitrogen functional groups attached to an aromatic ring is 1. The maximum Gasteiger partial charge on any atom is 0.312 e. The summed E-state index contributed by atoms with van der Waals surface area (Å²) in [6, 6.07) is 6.41. The molecule has 0 saturated carbocycles. The van der Waals surface area contributed by atoms with Gasteiger partial charge in [-0.3, -0.25) is 0 Å². The van der Waals surface area contributed by atoms with Crippen LogP contribution in [0, 0.1) is 13.8 Å². The fourth-order valence-corrected chi connectivity index (χ4v) is 1.49. The van der Waals surface area contributed by atoms with E-state index in [0.29, 0.717) is 12.3 Å². The highest BCUT2D eigenvalue weighted by molar-refractivity contribution is 5.32. The van der Waals surface area contributed by atoms with Gasteiger partial charge in [0.05, 0.1) is 6.42 Å². The third-order valence-corrected chi connectivity index (χ3v) is 2.33. The molecule has 4 heteroatoms. The van der Waals surface area contributed by atoms with Gasteiger partial charge in [-0.05, 0) is 25.0 Å². The summed E-state index contributed by atoms with van der Waals surface area (Å²) < 4.78 is 5.14. The summed E-state index contributed by atoms with van der Waals surface area (Å²) >= 11 is 0. The van der Waals surface area contributed by atoms with E-state index in [1.54, 1.807) is 0 Å². The van der Waals surface area contributed by atoms with Crippen LogP contribution in [0.15, 0.2) is 22.6 Å². The Morgan fingerprint density at radius 3 is 2.73 bits per heavy atom. The highest BCUT2D eigenvalue weighted by Gasteiger charge is 2.06. The molecule has 0 unspecified atom stereocenters. The van der Waals surface area contributed by atoms with Crippen LogP contribution in [0.3, 0.4) is 0 Å². The molecule has 4 nitrogen and oxygen atoms in total. The van der Waals surface area contributed by atoms with Gasteiger partial charge >= 0.3 is 6.01 Å². The van der Waals surface area contributed by atoms with Crippen molar-refractivity contribution >= 4 is 6.01 Å². The average molecular weight is 203 g/mol. The van der Waals surface area contributed by atoms with Gasteiger partial charge in [0.25, 0.3) is 0 Å². The molecule has 0 aliphatic heterocycles. The molecule has 1 aromatic carbocycles. The molecule has 78 valence electrons. The molecule has 1 heterocycles. The number of rotatable bonds is 2. The fourth-order valence-electron chi connectivity index (χ4n) is 1.49. The molecule has 0 bridgehead atoms. The molecular weight excluding hydrogens is 190 g/mol. The molecular formula is C11H13N3O. The normalized spacial score (nSPS) is 10.5. The van der Waals surface area contributed by atoms with E-state index in [1.807, 2.05) is 0 Å². The summed E-state index contributed by atoms with van der Waals surface area (Å²) in [5.41, 5.74) is 9.00. The van der Waals surface area contributed by atoms with Crippen LogP contribution < -0.4 is 5.73 Å². The number of aromatic nitrogens is 2. The van der Waals surface area contributed by atoms with E-state index in [9.17, 15) is 0 Å². The molecule has 0 amide bonds. The van der Waals surface area contributed by atoms with Gasteiger partial charge in [0.2, 0.25) is 5.89 Å². The number of nitrogens with two attached hydrogens (primary N) is 1. The van der Waals surface area contributed by atoms with Crippen molar-refractivity contribution in [3.63, 3.8) is 0 Å². The molecule has 0 spiro atoms. The van der Waals surface area contributed by atoms with Crippen LogP contribution in [0.25, 0.3) is 0 Å². The molecule has 0 atom stereocenters. The van der Waals surface area contributed by atoms with Gasteiger partial charge < -0.3 is 10.2 Å². The first-order chi connectivity index (χ1) is 7.15. The molecule has 15 heavy (non-hydrogen) atoms. The third kappa shape index (κ3) is 2.15. The number of aryl methyl sites for hydroxylation is 2. The van der Waals surface area contributed by atoms with Gasteiger partial charge in [-0.1, -0.05) is 28.9 Å². The third-order valence-electron chi connectivity index (χ3n) is 2.33. The predicted octanol–water partition coefficient (Wildman–Crippen LogP) is 1.86. The standard InChI is InChI=1S/C11H13N3O/c1-7-3-4-8(2)9(5-7)6-10-13-14-11(12)15-10/h3-5H,6H2,1-2H3,(H2,12,14). The van der Waals surface area contributed by atoms with E-state index in [4.69, 9.17) is 10.2 Å². The Balaban J connectivity index is 2.27. The van der Waals surface area contributed by atoms with E-state index in [1.165, 1.54) is 16.7 Å². The molecule has 2 N–H and O–H groups in total. The van der Waals surface area contributed by atoms with Crippen LogP contribution in [-0.4, -0.2) is 10.2 Å². The Bertz CT molecular complexity index is 476. The fraction of sp³-hybridized carbons (Fsp3) is 0.273. The van der Waals surface area contributed by atoms with Gasteiger partial charge in [0, 0.05) is 0 Å². The van der Waals surface area contributed by atoms with Crippen molar-refractivity contribution in [2.45, 2.75) is 20.3 Å². The van der Waals surface area contributed by atoms with E-state index in [0.717, 1.165) is 0 Å².